The van der Waals surface area contributed by atoms with E-state index in [4.69, 9.17) is 5.84 Å². The molecule has 106 valence electrons. The first kappa shape index (κ1) is 15.6. The van der Waals surface area contributed by atoms with Gasteiger partial charge in [0.1, 0.15) is 11.6 Å². The number of hydrogen-bond donors (Lipinski definition) is 2. The number of hydrazine groups is 1. The van der Waals surface area contributed by atoms with Gasteiger partial charge in [-0.15, -0.1) is 0 Å². The minimum atomic E-state index is -0.340. The Balaban J connectivity index is 2.28. The Bertz CT molecular complexity index is 600. The summed E-state index contributed by atoms with van der Waals surface area (Å²) in [5.41, 5.74) is 4.26. The molecular formula is C14H12Br2F2N2. The molecule has 1 atom stereocenters. The molecule has 0 aliphatic carbocycles. The molecule has 0 amide bonds. The van der Waals surface area contributed by atoms with Crippen molar-refractivity contribution in [2.45, 2.75) is 12.5 Å². The Hall–Kier alpha value is -0.820. The second-order valence-electron chi connectivity index (χ2n) is 4.36. The SMILES string of the molecule is NNC(Cc1ccc(F)cc1Br)c1cc(F)cc(Br)c1. The van der Waals surface area contributed by atoms with Gasteiger partial charge in [0.05, 0.1) is 6.04 Å². The van der Waals surface area contributed by atoms with E-state index in [2.05, 4.69) is 37.3 Å². The molecule has 6 heteroatoms. The molecule has 2 aromatic carbocycles. The van der Waals surface area contributed by atoms with Crippen molar-refractivity contribution < 1.29 is 8.78 Å². The Morgan fingerprint density at radius 2 is 1.80 bits per heavy atom. The zero-order valence-electron chi connectivity index (χ0n) is 10.3. The average Bonchev–Trinajstić information content (AvgIpc) is 2.36. The van der Waals surface area contributed by atoms with E-state index in [1.165, 1.54) is 24.3 Å². The van der Waals surface area contributed by atoms with Gasteiger partial charge in [-0.2, -0.15) is 0 Å². The van der Waals surface area contributed by atoms with Crippen molar-refractivity contribution in [3.05, 3.63) is 68.1 Å². The molecule has 1 unspecified atom stereocenters. The van der Waals surface area contributed by atoms with Gasteiger partial charge in [0.25, 0.3) is 0 Å². The fourth-order valence-electron chi connectivity index (χ4n) is 1.96. The van der Waals surface area contributed by atoms with Gasteiger partial charge in [0.2, 0.25) is 0 Å². The van der Waals surface area contributed by atoms with Crippen LogP contribution in [0.1, 0.15) is 17.2 Å². The summed E-state index contributed by atoms with van der Waals surface area (Å²) in [6, 6.07) is 8.78. The van der Waals surface area contributed by atoms with E-state index in [1.54, 1.807) is 12.1 Å². The molecule has 2 rings (SSSR count). The summed E-state index contributed by atoms with van der Waals surface area (Å²) < 4.78 is 27.8. The fraction of sp³-hybridized carbons (Fsp3) is 0.143. The van der Waals surface area contributed by atoms with E-state index in [0.717, 1.165) is 11.1 Å². The van der Waals surface area contributed by atoms with E-state index >= 15 is 0 Å². The molecular weight excluding hydrogens is 394 g/mol. The smallest absolute Gasteiger partial charge is 0.124 e. The molecule has 0 spiro atoms. The summed E-state index contributed by atoms with van der Waals surface area (Å²) in [6.07, 6.45) is 0.507. The summed E-state index contributed by atoms with van der Waals surface area (Å²) in [7, 11) is 0. The monoisotopic (exact) mass is 404 g/mol. The summed E-state index contributed by atoms with van der Waals surface area (Å²) in [5, 5.41) is 0. The van der Waals surface area contributed by atoms with Crippen LogP contribution in [0.5, 0.6) is 0 Å². The van der Waals surface area contributed by atoms with Gasteiger partial charge in [0, 0.05) is 8.95 Å². The van der Waals surface area contributed by atoms with Crippen LogP contribution in [0.2, 0.25) is 0 Å². The van der Waals surface area contributed by atoms with Gasteiger partial charge in [-0.1, -0.05) is 37.9 Å². The average molecular weight is 406 g/mol. The summed E-state index contributed by atoms with van der Waals surface area (Å²) in [4.78, 5) is 0. The molecule has 2 nitrogen and oxygen atoms in total. The minimum absolute atomic E-state index is 0.274. The Morgan fingerprint density at radius 3 is 2.40 bits per heavy atom. The summed E-state index contributed by atoms with van der Waals surface area (Å²) in [6.45, 7) is 0. The van der Waals surface area contributed by atoms with Gasteiger partial charge >= 0.3 is 0 Å². The van der Waals surface area contributed by atoms with E-state index in [0.29, 0.717) is 15.4 Å². The lowest BCUT2D eigenvalue weighted by Crippen LogP contribution is -2.29. The molecule has 0 bridgehead atoms. The van der Waals surface area contributed by atoms with Crippen LogP contribution in [-0.2, 0) is 6.42 Å². The second kappa shape index (κ2) is 6.76. The third-order valence-electron chi connectivity index (χ3n) is 2.93. The van der Waals surface area contributed by atoms with Crippen LogP contribution in [-0.4, -0.2) is 0 Å². The fourth-order valence-corrected chi connectivity index (χ4v) is 2.95. The molecule has 0 aromatic heterocycles. The van der Waals surface area contributed by atoms with Crippen LogP contribution in [0.4, 0.5) is 8.78 Å². The van der Waals surface area contributed by atoms with E-state index < -0.39 is 0 Å². The van der Waals surface area contributed by atoms with Crippen molar-refractivity contribution in [2.24, 2.45) is 5.84 Å². The standard InChI is InChI=1S/C14H12Br2F2N2/c15-10-3-9(4-12(18)6-10)14(20-19)5-8-1-2-11(17)7-13(8)16/h1-4,6-7,14,20H,5,19H2. The molecule has 0 saturated carbocycles. The zero-order chi connectivity index (χ0) is 14.7. The lowest BCUT2D eigenvalue weighted by atomic mass is 9.99. The van der Waals surface area contributed by atoms with Crippen molar-refractivity contribution in [2.75, 3.05) is 0 Å². The molecule has 0 aliphatic heterocycles. The van der Waals surface area contributed by atoms with Crippen LogP contribution in [0.25, 0.3) is 0 Å². The van der Waals surface area contributed by atoms with Crippen molar-refractivity contribution in [3.63, 3.8) is 0 Å². The molecule has 20 heavy (non-hydrogen) atoms. The molecule has 2 aromatic rings. The van der Waals surface area contributed by atoms with Gasteiger partial charge in [-0.25, -0.2) is 8.78 Å². The quantitative estimate of drug-likeness (QED) is 0.589. The first-order chi connectivity index (χ1) is 9.49. The zero-order valence-corrected chi connectivity index (χ0v) is 13.5. The van der Waals surface area contributed by atoms with Crippen LogP contribution in [0.15, 0.2) is 45.3 Å². The van der Waals surface area contributed by atoms with Gasteiger partial charge in [-0.05, 0) is 47.9 Å². The lowest BCUT2D eigenvalue weighted by Gasteiger charge is -2.18. The topological polar surface area (TPSA) is 38.0 Å². The Kier molecular flexibility index (Phi) is 5.26. The van der Waals surface area contributed by atoms with E-state index in [-0.39, 0.29) is 17.7 Å². The largest absolute Gasteiger partial charge is 0.271 e. The van der Waals surface area contributed by atoms with Gasteiger partial charge in [-0.3, -0.25) is 11.3 Å². The molecule has 0 aliphatic rings. The summed E-state index contributed by atoms with van der Waals surface area (Å²) >= 11 is 6.57. The highest BCUT2D eigenvalue weighted by Gasteiger charge is 2.14. The number of halogens is 4. The normalized spacial score (nSPS) is 12.4. The van der Waals surface area contributed by atoms with Gasteiger partial charge in [0.15, 0.2) is 0 Å². The third kappa shape index (κ3) is 3.85. The van der Waals surface area contributed by atoms with Crippen molar-refractivity contribution >= 4 is 31.9 Å². The maximum absolute atomic E-state index is 13.4. The lowest BCUT2D eigenvalue weighted by molar-refractivity contribution is 0.542. The Labute approximate surface area is 132 Å². The van der Waals surface area contributed by atoms with Crippen LogP contribution < -0.4 is 11.3 Å². The van der Waals surface area contributed by atoms with Crippen LogP contribution >= 0.6 is 31.9 Å². The number of nitrogens with one attached hydrogen (secondary N) is 1. The summed E-state index contributed by atoms with van der Waals surface area (Å²) in [5.74, 6) is 4.90. The van der Waals surface area contributed by atoms with Crippen molar-refractivity contribution in [1.82, 2.24) is 5.43 Å². The first-order valence-corrected chi connectivity index (χ1v) is 7.44. The third-order valence-corrected chi connectivity index (χ3v) is 4.12. The second-order valence-corrected chi connectivity index (χ2v) is 6.13. The maximum Gasteiger partial charge on any atom is 0.124 e. The van der Waals surface area contributed by atoms with Crippen LogP contribution in [0, 0.1) is 11.6 Å². The predicted molar refractivity (Wildman–Crippen MR) is 82.0 cm³/mol. The highest BCUT2D eigenvalue weighted by atomic mass is 79.9. The number of nitrogens with two attached hydrogens (primary N) is 1. The molecule has 3 N–H and O–H groups in total. The number of hydrogen-bond acceptors (Lipinski definition) is 2. The highest BCUT2D eigenvalue weighted by Crippen LogP contribution is 2.26. The highest BCUT2D eigenvalue weighted by molar-refractivity contribution is 9.10. The number of benzene rings is 2. The van der Waals surface area contributed by atoms with E-state index in [9.17, 15) is 8.78 Å². The molecule has 0 fully saturated rings. The van der Waals surface area contributed by atoms with Crippen molar-refractivity contribution in [3.8, 4) is 0 Å². The molecule has 0 radical (unpaired) electrons. The van der Waals surface area contributed by atoms with E-state index in [1.807, 2.05) is 0 Å². The minimum Gasteiger partial charge on any atom is -0.271 e. The van der Waals surface area contributed by atoms with Gasteiger partial charge < -0.3 is 0 Å². The maximum atomic E-state index is 13.4. The first-order valence-electron chi connectivity index (χ1n) is 5.85. The molecule has 0 saturated heterocycles. The van der Waals surface area contributed by atoms with Crippen molar-refractivity contribution in [1.29, 1.82) is 0 Å². The van der Waals surface area contributed by atoms with Crippen LogP contribution in [0.3, 0.4) is 0 Å². The molecule has 0 heterocycles. The number of rotatable bonds is 4. The Morgan fingerprint density at radius 1 is 1.05 bits per heavy atom. The predicted octanol–water partition coefficient (Wildman–Crippen LogP) is 4.24.